The second-order valence-electron chi connectivity index (χ2n) is 1.75. The van der Waals surface area contributed by atoms with Gasteiger partial charge in [0.05, 0.1) is 0 Å². The highest BCUT2D eigenvalue weighted by Gasteiger charge is 2.00. The molecule has 0 aromatic carbocycles. The fraction of sp³-hybridized carbons (Fsp3) is 0.500. The first-order valence-electron chi connectivity index (χ1n) is 2.74. The quantitative estimate of drug-likeness (QED) is 0.496. The zero-order valence-corrected chi connectivity index (χ0v) is 5.41. The maximum atomic E-state index is 10.6. The van der Waals surface area contributed by atoms with Crippen LogP contribution in [0.2, 0.25) is 0 Å². The van der Waals surface area contributed by atoms with E-state index in [0.29, 0.717) is 5.12 Å². The molecule has 0 fully saturated rings. The highest BCUT2D eigenvalue weighted by atomic mass is 32.2. The minimum absolute atomic E-state index is 0.304. The van der Waals surface area contributed by atoms with Crippen molar-refractivity contribution in [3.8, 4) is 0 Å². The first kappa shape index (κ1) is 5.89. The predicted octanol–water partition coefficient (Wildman–Crippen LogP) is 1.94. The molecule has 0 spiro atoms. The van der Waals surface area contributed by atoms with Gasteiger partial charge in [-0.05, 0) is 18.2 Å². The molecule has 1 nitrogen and oxygen atoms in total. The zero-order chi connectivity index (χ0) is 5.82. The maximum Gasteiger partial charge on any atom is 0.193 e. The van der Waals surface area contributed by atoms with Crippen molar-refractivity contribution in [3.63, 3.8) is 0 Å². The molecule has 0 saturated carbocycles. The van der Waals surface area contributed by atoms with Gasteiger partial charge in [-0.1, -0.05) is 17.8 Å². The highest BCUT2D eigenvalue weighted by molar-refractivity contribution is 8.16. The van der Waals surface area contributed by atoms with Gasteiger partial charge in [-0.15, -0.1) is 0 Å². The normalized spacial score (nSPS) is 20.8. The van der Waals surface area contributed by atoms with E-state index in [1.54, 1.807) is 0 Å². The second-order valence-corrected chi connectivity index (χ2v) is 2.72. The van der Waals surface area contributed by atoms with E-state index in [9.17, 15) is 4.79 Å². The Balaban J connectivity index is 2.41. The van der Waals surface area contributed by atoms with Crippen LogP contribution in [0, 0.1) is 0 Å². The molecule has 0 aromatic rings. The van der Waals surface area contributed by atoms with Gasteiger partial charge in [0, 0.05) is 6.42 Å². The van der Waals surface area contributed by atoms with Crippen molar-refractivity contribution < 1.29 is 4.79 Å². The van der Waals surface area contributed by atoms with E-state index < -0.39 is 0 Å². The summed E-state index contributed by atoms with van der Waals surface area (Å²) in [5.41, 5.74) is 0. The van der Waals surface area contributed by atoms with Gasteiger partial charge in [0.25, 0.3) is 0 Å². The zero-order valence-electron chi connectivity index (χ0n) is 4.59. The topological polar surface area (TPSA) is 17.1 Å². The molecule has 0 N–H and O–H groups in total. The average molecular weight is 128 g/mol. The van der Waals surface area contributed by atoms with Crippen molar-refractivity contribution in [2.45, 2.75) is 19.3 Å². The standard InChI is InChI=1S/C6H8OS/c7-6-4-2-1-3-5-8-6/h3,5H,1-2,4H2. The van der Waals surface area contributed by atoms with Gasteiger partial charge in [-0.25, -0.2) is 0 Å². The van der Waals surface area contributed by atoms with E-state index in [1.807, 2.05) is 5.41 Å². The van der Waals surface area contributed by atoms with Crippen molar-refractivity contribution in [2.24, 2.45) is 0 Å². The van der Waals surface area contributed by atoms with Gasteiger partial charge in [0.1, 0.15) is 0 Å². The monoisotopic (exact) mass is 128 g/mol. The van der Waals surface area contributed by atoms with E-state index in [4.69, 9.17) is 0 Å². The molecule has 1 rings (SSSR count). The van der Waals surface area contributed by atoms with Gasteiger partial charge >= 0.3 is 0 Å². The van der Waals surface area contributed by atoms with Crippen molar-refractivity contribution in [1.82, 2.24) is 0 Å². The first-order valence-corrected chi connectivity index (χ1v) is 3.62. The summed E-state index contributed by atoms with van der Waals surface area (Å²) in [5, 5.41) is 2.19. The highest BCUT2D eigenvalue weighted by Crippen LogP contribution is 2.15. The average Bonchev–Trinajstić information content (AvgIpc) is 1.94. The van der Waals surface area contributed by atoms with Crippen LogP contribution in [-0.4, -0.2) is 5.12 Å². The molecular weight excluding hydrogens is 120 g/mol. The summed E-state index contributed by atoms with van der Waals surface area (Å²) >= 11 is 1.32. The summed E-state index contributed by atoms with van der Waals surface area (Å²) in [5.74, 6) is 0. The maximum absolute atomic E-state index is 10.6. The second kappa shape index (κ2) is 2.92. The molecule has 0 atom stereocenters. The predicted molar refractivity (Wildman–Crippen MR) is 35.6 cm³/mol. The van der Waals surface area contributed by atoms with Crippen molar-refractivity contribution >= 4 is 16.9 Å². The van der Waals surface area contributed by atoms with E-state index >= 15 is 0 Å². The van der Waals surface area contributed by atoms with E-state index in [0.717, 1.165) is 19.3 Å². The van der Waals surface area contributed by atoms with Crippen LogP contribution in [-0.2, 0) is 4.79 Å². The molecule has 0 aromatic heterocycles. The number of rotatable bonds is 0. The molecule has 0 unspecified atom stereocenters. The summed E-state index contributed by atoms with van der Waals surface area (Å²) in [4.78, 5) is 10.6. The molecule has 8 heavy (non-hydrogen) atoms. The molecule has 1 aliphatic rings. The van der Waals surface area contributed by atoms with E-state index in [2.05, 4.69) is 6.08 Å². The Kier molecular flexibility index (Phi) is 2.15. The SMILES string of the molecule is O=C1CCCC=CS1. The van der Waals surface area contributed by atoms with E-state index in [-0.39, 0.29) is 0 Å². The third-order valence-electron chi connectivity index (χ3n) is 1.05. The van der Waals surface area contributed by atoms with Gasteiger partial charge < -0.3 is 0 Å². The first-order chi connectivity index (χ1) is 3.89. The Morgan fingerprint density at radius 1 is 1.62 bits per heavy atom. The van der Waals surface area contributed by atoms with Crippen LogP contribution >= 0.6 is 11.8 Å². The fourth-order valence-electron chi connectivity index (χ4n) is 0.615. The fourth-order valence-corrected chi connectivity index (χ4v) is 1.26. The number of hydrogen-bond donors (Lipinski definition) is 0. The Hall–Kier alpha value is -0.240. The molecular formula is C6H8OS. The lowest BCUT2D eigenvalue weighted by molar-refractivity contribution is -0.110. The molecule has 0 amide bonds. The molecule has 0 saturated heterocycles. The molecule has 0 radical (unpaired) electrons. The van der Waals surface area contributed by atoms with Crippen LogP contribution in [0.3, 0.4) is 0 Å². The smallest absolute Gasteiger partial charge is 0.193 e. The van der Waals surface area contributed by atoms with Gasteiger partial charge in [-0.3, -0.25) is 4.79 Å². The molecule has 2 heteroatoms. The van der Waals surface area contributed by atoms with Gasteiger partial charge in [0.2, 0.25) is 0 Å². The van der Waals surface area contributed by atoms with Crippen molar-refractivity contribution in [1.29, 1.82) is 0 Å². The van der Waals surface area contributed by atoms with Gasteiger partial charge in [0.15, 0.2) is 5.12 Å². The van der Waals surface area contributed by atoms with Crippen LogP contribution in [0.25, 0.3) is 0 Å². The molecule has 44 valence electrons. The summed E-state index contributed by atoms with van der Waals surface area (Å²) in [7, 11) is 0. The van der Waals surface area contributed by atoms with Crippen LogP contribution in [0.1, 0.15) is 19.3 Å². The molecule has 0 aliphatic carbocycles. The minimum Gasteiger partial charge on any atom is -0.287 e. The van der Waals surface area contributed by atoms with Crippen LogP contribution in [0.15, 0.2) is 11.5 Å². The lowest BCUT2D eigenvalue weighted by Crippen LogP contribution is -1.84. The molecule has 0 bridgehead atoms. The largest absolute Gasteiger partial charge is 0.287 e. The minimum atomic E-state index is 0.304. The number of carbonyl (C=O) groups is 1. The Morgan fingerprint density at radius 2 is 2.50 bits per heavy atom. The van der Waals surface area contributed by atoms with Crippen LogP contribution in [0.4, 0.5) is 0 Å². The van der Waals surface area contributed by atoms with Crippen molar-refractivity contribution in [3.05, 3.63) is 11.5 Å². The number of thioether (sulfide) groups is 1. The summed E-state index contributed by atoms with van der Waals surface area (Å²) in [6.07, 6.45) is 4.90. The molecule has 1 aliphatic heterocycles. The number of allylic oxidation sites excluding steroid dienone is 1. The Labute approximate surface area is 53.2 Å². The summed E-state index contributed by atoms with van der Waals surface area (Å²) < 4.78 is 0. The Morgan fingerprint density at radius 3 is 3.38 bits per heavy atom. The summed E-state index contributed by atoms with van der Waals surface area (Å²) in [6.45, 7) is 0. The third-order valence-corrected chi connectivity index (χ3v) is 1.84. The third kappa shape index (κ3) is 1.70. The lowest BCUT2D eigenvalue weighted by atomic mass is 10.2. The van der Waals surface area contributed by atoms with Crippen LogP contribution < -0.4 is 0 Å². The lowest BCUT2D eigenvalue weighted by Gasteiger charge is -1.86. The van der Waals surface area contributed by atoms with E-state index in [1.165, 1.54) is 11.8 Å². The molecule has 1 heterocycles. The van der Waals surface area contributed by atoms with Crippen LogP contribution in [0.5, 0.6) is 0 Å². The number of hydrogen-bond acceptors (Lipinski definition) is 2. The van der Waals surface area contributed by atoms with Gasteiger partial charge in [-0.2, -0.15) is 0 Å². The van der Waals surface area contributed by atoms with Crippen molar-refractivity contribution in [2.75, 3.05) is 0 Å². The number of carbonyl (C=O) groups excluding carboxylic acids is 1. The Bertz CT molecular complexity index is 118. The summed E-state index contributed by atoms with van der Waals surface area (Å²) in [6, 6.07) is 0.